The van der Waals surface area contributed by atoms with Crippen LogP contribution in [0.2, 0.25) is 4.34 Å². The maximum Gasteiger partial charge on any atom is 0.186 e. The maximum absolute atomic E-state index is 12.0. The standard InChI is InChI=1S/C15H16ClNO2S/c1-17(9-11-3-5-12(19-2)6-4-11)10-13(18)14-7-8-15(16)20-14/h3-8H,9-10H2,1-2H3. The molecule has 0 amide bonds. The monoisotopic (exact) mass is 309 g/mol. The lowest BCUT2D eigenvalue weighted by molar-refractivity contribution is 0.0947. The highest BCUT2D eigenvalue weighted by Gasteiger charge is 2.12. The van der Waals surface area contributed by atoms with E-state index in [1.807, 2.05) is 36.2 Å². The molecule has 2 aromatic rings. The summed E-state index contributed by atoms with van der Waals surface area (Å²) in [6, 6.07) is 11.4. The van der Waals surface area contributed by atoms with Gasteiger partial charge in [-0.15, -0.1) is 11.3 Å². The Morgan fingerprint density at radius 1 is 1.25 bits per heavy atom. The van der Waals surface area contributed by atoms with Crippen LogP contribution in [0.15, 0.2) is 36.4 Å². The van der Waals surface area contributed by atoms with Crippen LogP contribution in [-0.2, 0) is 6.54 Å². The number of thiophene rings is 1. The molecule has 0 aliphatic heterocycles. The molecule has 2 rings (SSSR count). The minimum absolute atomic E-state index is 0.0953. The summed E-state index contributed by atoms with van der Waals surface area (Å²) in [7, 11) is 3.57. The van der Waals surface area contributed by atoms with Gasteiger partial charge in [0.15, 0.2) is 5.78 Å². The first-order valence-electron chi connectivity index (χ1n) is 6.18. The average Bonchev–Trinajstić information content (AvgIpc) is 2.86. The van der Waals surface area contributed by atoms with Crippen LogP contribution in [0.3, 0.4) is 0 Å². The summed E-state index contributed by atoms with van der Waals surface area (Å²) in [6.07, 6.45) is 0. The largest absolute Gasteiger partial charge is 0.497 e. The van der Waals surface area contributed by atoms with Gasteiger partial charge in [-0.1, -0.05) is 23.7 Å². The van der Waals surface area contributed by atoms with E-state index in [1.54, 1.807) is 19.2 Å². The van der Waals surface area contributed by atoms with Gasteiger partial charge in [-0.05, 0) is 36.9 Å². The van der Waals surface area contributed by atoms with E-state index in [0.717, 1.165) is 17.9 Å². The van der Waals surface area contributed by atoms with Gasteiger partial charge < -0.3 is 4.74 Å². The van der Waals surface area contributed by atoms with E-state index in [2.05, 4.69) is 0 Å². The van der Waals surface area contributed by atoms with Crippen LogP contribution in [-0.4, -0.2) is 31.4 Å². The van der Waals surface area contributed by atoms with Crippen molar-refractivity contribution in [1.29, 1.82) is 0 Å². The third-order valence-electron chi connectivity index (χ3n) is 2.87. The lowest BCUT2D eigenvalue weighted by Gasteiger charge is -2.15. The van der Waals surface area contributed by atoms with Crippen molar-refractivity contribution in [2.45, 2.75) is 6.54 Å². The van der Waals surface area contributed by atoms with Gasteiger partial charge in [0, 0.05) is 6.54 Å². The molecular weight excluding hydrogens is 294 g/mol. The lowest BCUT2D eigenvalue weighted by atomic mass is 10.2. The number of hydrogen-bond donors (Lipinski definition) is 0. The SMILES string of the molecule is COc1ccc(CN(C)CC(=O)c2ccc(Cl)s2)cc1. The first-order chi connectivity index (χ1) is 9.58. The van der Waals surface area contributed by atoms with Gasteiger partial charge in [-0.3, -0.25) is 9.69 Å². The summed E-state index contributed by atoms with van der Waals surface area (Å²) in [5, 5.41) is 0. The number of hydrogen-bond acceptors (Lipinski definition) is 4. The number of halogens is 1. The number of benzene rings is 1. The number of carbonyl (C=O) groups excluding carboxylic acids is 1. The molecule has 1 heterocycles. The zero-order valence-electron chi connectivity index (χ0n) is 11.4. The predicted octanol–water partition coefficient (Wildman–Crippen LogP) is 3.72. The van der Waals surface area contributed by atoms with Crippen molar-refractivity contribution in [3.63, 3.8) is 0 Å². The summed E-state index contributed by atoms with van der Waals surface area (Å²) in [5.41, 5.74) is 1.14. The number of likely N-dealkylation sites (N-methyl/N-ethyl adjacent to an activating group) is 1. The second-order valence-electron chi connectivity index (χ2n) is 4.55. The van der Waals surface area contributed by atoms with E-state index in [0.29, 0.717) is 15.8 Å². The number of nitrogens with zero attached hydrogens (tertiary/aromatic N) is 1. The number of rotatable bonds is 6. The molecule has 0 radical (unpaired) electrons. The van der Waals surface area contributed by atoms with Crippen molar-refractivity contribution in [3.05, 3.63) is 51.2 Å². The van der Waals surface area contributed by atoms with Gasteiger partial charge in [-0.2, -0.15) is 0 Å². The molecule has 0 aliphatic rings. The lowest BCUT2D eigenvalue weighted by Crippen LogP contribution is -2.25. The second kappa shape index (κ2) is 6.88. The highest BCUT2D eigenvalue weighted by atomic mass is 35.5. The molecule has 0 fully saturated rings. The quantitative estimate of drug-likeness (QED) is 0.762. The Balaban J connectivity index is 1.91. The molecule has 1 aromatic heterocycles. The second-order valence-corrected chi connectivity index (χ2v) is 6.26. The van der Waals surface area contributed by atoms with Gasteiger partial charge in [-0.25, -0.2) is 0 Å². The molecule has 106 valence electrons. The van der Waals surface area contributed by atoms with Crippen LogP contribution in [0.25, 0.3) is 0 Å². The highest BCUT2D eigenvalue weighted by molar-refractivity contribution is 7.18. The Morgan fingerprint density at radius 2 is 1.95 bits per heavy atom. The Labute approximate surface area is 127 Å². The van der Waals surface area contributed by atoms with Crippen molar-refractivity contribution >= 4 is 28.7 Å². The van der Waals surface area contributed by atoms with Gasteiger partial charge in [0.05, 0.1) is 22.9 Å². The number of methoxy groups -OCH3 is 1. The molecule has 3 nitrogen and oxygen atoms in total. The van der Waals surface area contributed by atoms with E-state index >= 15 is 0 Å². The smallest absolute Gasteiger partial charge is 0.186 e. The maximum atomic E-state index is 12.0. The van der Waals surface area contributed by atoms with Crippen molar-refractivity contribution in [3.8, 4) is 5.75 Å². The van der Waals surface area contributed by atoms with E-state index < -0.39 is 0 Å². The topological polar surface area (TPSA) is 29.5 Å². The minimum atomic E-state index is 0.0953. The summed E-state index contributed by atoms with van der Waals surface area (Å²) >= 11 is 7.16. The van der Waals surface area contributed by atoms with Gasteiger partial charge in [0.25, 0.3) is 0 Å². The van der Waals surface area contributed by atoms with E-state index in [9.17, 15) is 4.79 Å². The number of ketones is 1. The first kappa shape index (κ1) is 15.0. The Hall–Kier alpha value is -1.36. The van der Waals surface area contributed by atoms with Crippen LogP contribution in [0.5, 0.6) is 5.75 Å². The molecular formula is C15H16ClNO2S. The third kappa shape index (κ3) is 4.07. The molecule has 0 saturated carbocycles. The third-order valence-corrected chi connectivity index (χ3v) is 4.15. The van der Waals surface area contributed by atoms with Crippen molar-refractivity contribution in [2.75, 3.05) is 20.7 Å². The zero-order valence-corrected chi connectivity index (χ0v) is 13.0. The van der Waals surface area contributed by atoms with Crippen LogP contribution in [0.1, 0.15) is 15.2 Å². The first-order valence-corrected chi connectivity index (χ1v) is 7.38. The Bertz CT molecular complexity index is 580. The molecule has 20 heavy (non-hydrogen) atoms. The van der Waals surface area contributed by atoms with Gasteiger partial charge >= 0.3 is 0 Å². The number of carbonyl (C=O) groups is 1. The fraction of sp³-hybridized carbons (Fsp3) is 0.267. The Kier molecular flexibility index (Phi) is 5.17. The van der Waals surface area contributed by atoms with E-state index in [1.165, 1.54) is 11.3 Å². The van der Waals surface area contributed by atoms with Crippen LogP contribution in [0.4, 0.5) is 0 Å². The summed E-state index contributed by atoms with van der Waals surface area (Å²) in [4.78, 5) is 14.7. The molecule has 0 spiro atoms. The normalized spacial score (nSPS) is 10.8. The van der Waals surface area contributed by atoms with Crippen molar-refractivity contribution < 1.29 is 9.53 Å². The fourth-order valence-electron chi connectivity index (χ4n) is 1.89. The molecule has 0 N–H and O–H groups in total. The number of Topliss-reactive ketones (excluding diaryl/α,β-unsaturated/α-hetero) is 1. The van der Waals surface area contributed by atoms with Gasteiger partial charge in [0.2, 0.25) is 0 Å². The molecule has 1 aromatic carbocycles. The molecule has 0 unspecified atom stereocenters. The summed E-state index contributed by atoms with van der Waals surface area (Å²) in [5.74, 6) is 0.929. The average molecular weight is 310 g/mol. The molecule has 0 atom stereocenters. The van der Waals surface area contributed by atoms with Crippen molar-refractivity contribution in [1.82, 2.24) is 4.90 Å². The Morgan fingerprint density at radius 3 is 2.50 bits per heavy atom. The van der Waals surface area contributed by atoms with Crippen LogP contribution < -0.4 is 4.74 Å². The predicted molar refractivity (Wildman–Crippen MR) is 83.0 cm³/mol. The van der Waals surface area contributed by atoms with E-state index in [-0.39, 0.29) is 5.78 Å². The minimum Gasteiger partial charge on any atom is -0.497 e. The molecule has 5 heteroatoms. The van der Waals surface area contributed by atoms with Crippen LogP contribution in [0, 0.1) is 0 Å². The summed E-state index contributed by atoms with van der Waals surface area (Å²) < 4.78 is 5.76. The number of ether oxygens (including phenoxy) is 1. The highest BCUT2D eigenvalue weighted by Crippen LogP contribution is 2.22. The fourth-order valence-corrected chi connectivity index (χ4v) is 2.86. The van der Waals surface area contributed by atoms with Crippen molar-refractivity contribution in [2.24, 2.45) is 0 Å². The van der Waals surface area contributed by atoms with E-state index in [4.69, 9.17) is 16.3 Å². The van der Waals surface area contributed by atoms with Crippen LogP contribution >= 0.6 is 22.9 Å². The molecule has 0 aliphatic carbocycles. The molecule has 0 bridgehead atoms. The summed E-state index contributed by atoms with van der Waals surface area (Å²) in [6.45, 7) is 1.09. The zero-order chi connectivity index (χ0) is 14.5. The molecule has 0 saturated heterocycles. The van der Waals surface area contributed by atoms with Gasteiger partial charge in [0.1, 0.15) is 5.75 Å².